The van der Waals surface area contributed by atoms with Crippen molar-refractivity contribution in [3.8, 4) is 0 Å². The first kappa shape index (κ1) is 22.6. The molecule has 3 heterocycles. The fourth-order valence-corrected chi connectivity index (χ4v) is 5.78. The minimum Gasteiger partial charge on any atom is -0.356 e. The average Bonchev–Trinajstić information content (AvgIpc) is 3.25. The molecular weight excluding hydrogens is 446 g/mol. The van der Waals surface area contributed by atoms with E-state index in [0.717, 1.165) is 33.3 Å². The third kappa shape index (κ3) is 3.70. The molecule has 2 unspecified atom stereocenters. The number of aromatic amines is 1. The van der Waals surface area contributed by atoms with Gasteiger partial charge in [0.1, 0.15) is 12.6 Å². The van der Waals surface area contributed by atoms with E-state index < -0.39 is 6.04 Å². The number of hydrogen-bond donors (Lipinski definition) is 1. The fraction of sp³-hybridized carbons (Fsp3) is 0.290. The Bertz CT molecular complexity index is 1450. The molecule has 1 N–H and O–H groups in total. The largest absolute Gasteiger partial charge is 0.356 e. The van der Waals surface area contributed by atoms with Gasteiger partial charge in [-0.05, 0) is 41.2 Å². The molecule has 2 atom stereocenters. The van der Waals surface area contributed by atoms with Gasteiger partial charge in [-0.15, -0.1) is 0 Å². The van der Waals surface area contributed by atoms with Crippen LogP contribution in [0.4, 0.5) is 0 Å². The lowest BCUT2D eigenvalue weighted by Crippen LogP contribution is -2.62. The fourth-order valence-electron chi connectivity index (χ4n) is 5.78. The highest BCUT2D eigenvalue weighted by atomic mass is 16.2. The smallest absolute Gasteiger partial charge is 0.246 e. The highest BCUT2D eigenvalue weighted by Crippen LogP contribution is 2.42. The molecule has 2 aliphatic rings. The molecule has 0 saturated carbocycles. The van der Waals surface area contributed by atoms with Gasteiger partial charge in [0.05, 0.1) is 6.04 Å². The van der Waals surface area contributed by atoms with Crippen LogP contribution in [0.1, 0.15) is 59.3 Å². The summed E-state index contributed by atoms with van der Waals surface area (Å²) >= 11 is 0. The number of benzene rings is 3. The van der Waals surface area contributed by atoms with Crippen LogP contribution in [0, 0.1) is 6.92 Å². The SMILES string of the molecule is Cc1ccc(CN2CC(=O)N3C(Cc4c([nH]c5ccccc45)C3c3ccc(C(C)C)cc3)C2=O)cc1. The Kier molecular flexibility index (Phi) is 5.44. The molecular formula is C31H31N3O2. The normalized spacial score (nSPS) is 19.7. The lowest BCUT2D eigenvalue weighted by molar-refractivity contribution is -0.159. The van der Waals surface area contributed by atoms with E-state index in [2.05, 4.69) is 55.2 Å². The van der Waals surface area contributed by atoms with Gasteiger partial charge in [0.2, 0.25) is 11.8 Å². The first-order valence-electron chi connectivity index (χ1n) is 12.8. The second kappa shape index (κ2) is 8.66. The molecule has 5 nitrogen and oxygen atoms in total. The maximum absolute atomic E-state index is 13.9. The zero-order valence-corrected chi connectivity index (χ0v) is 21.0. The Hall–Kier alpha value is -3.86. The van der Waals surface area contributed by atoms with Crippen LogP contribution in [0.2, 0.25) is 0 Å². The van der Waals surface area contributed by atoms with Crippen molar-refractivity contribution in [2.75, 3.05) is 6.54 Å². The summed E-state index contributed by atoms with van der Waals surface area (Å²) in [7, 11) is 0. The summed E-state index contributed by atoms with van der Waals surface area (Å²) in [6, 6.07) is 24.1. The molecule has 182 valence electrons. The van der Waals surface area contributed by atoms with Crippen molar-refractivity contribution in [1.29, 1.82) is 0 Å². The van der Waals surface area contributed by atoms with Crippen LogP contribution in [0.3, 0.4) is 0 Å². The van der Waals surface area contributed by atoms with Gasteiger partial charge >= 0.3 is 0 Å². The van der Waals surface area contributed by atoms with Crippen LogP contribution in [-0.2, 0) is 22.6 Å². The number of para-hydroxylation sites is 1. The molecule has 0 spiro atoms. The summed E-state index contributed by atoms with van der Waals surface area (Å²) in [4.78, 5) is 34.8. The third-order valence-electron chi connectivity index (χ3n) is 7.76. The van der Waals surface area contributed by atoms with E-state index in [0.29, 0.717) is 18.9 Å². The number of amides is 2. The number of aryl methyl sites for hydroxylation is 1. The highest BCUT2D eigenvalue weighted by Gasteiger charge is 2.48. The number of nitrogens with one attached hydrogen (secondary N) is 1. The first-order valence-corrected chi connectivity index (χ1v) is 12.8. The lowest BCUT2D eigenvalue weighted by Gasteiger charge is -2.47. The molecule has 1 fully saturated rings. The highest BCUT2D eigenvalue weighted by molar-refractivity contribution is 5.97. The number of aromatic nitrogens is 1. The minimum absolute atomic E-state index is 0.00560. The molecule has 1 aromatic heterocycles. The molecule has 1 saturated heterocycles. The van der Waals surface area contributed by atoms with Crippen LogP contribution in [0.15, 0.2) is 72.8 Å². The van der Waals surface area contributed by atoms with Crippen LogP contribution >= 0.6 is 0 Å². The summed E-state index contributed by atoms with van der Waals surface area (Å²) in [5.41, 5.74) is 7.72. The minimum atomic E-state index is -0.516. The van der Waals surface area contributed by atoms with E-state index in [1.165, 1.54) is 11.1 Å². The second-order valence-electron chi connectivity index (χ2n) is 10.5. The first-order chi connectivity index (χ1) is 17.4. The third-order valence-corrected chi connectivity index (χ3v) is 7.76. The molecule has 2 amide bonds. The number of H-pyrrole nitrogens is 1. The molecule has 2 aliphatic heterocycles. The number of carbonyl (C=O) groups excluding carboxylic acids is 2. The van der Waals surface area contributed by atoms with Gasteiger partial charge in [0.25, 0.3) is 0 Å². The summed E-state index contributed by atoms with van der Waals surface area (Å²) in [6.45, 7) is 6.95. The quantitative estimate of drug-likeness (QED) is 0.423. The van der Waals surface area contributed by atoms with Crippen molar-refractivity contribution in [3.63, 3.8) is 0 Å². The zero-order chi connectivity index (χ0) is 25.0. The van der Waals surface area contributed by atoms with E-state index in [9.17, 15) is 9.59 Å². The van der Waals surface area contributed by atoms with Crippen LogP contribution in [0.25, 0.3) is 10.9 Å². The summed E-state index contributed by atoms with van der Waals surface area (Å²) in [5.74, 6) is 0.444. The molecule has 0 radical (unpaired) electrons. The average molecular weight is 478 g/mol. The Morgan fingerprint density at radius 1 is 0.944 bits per heavy atom. The Morgan fingerprint density at radius 3 is 2.39 bits per heavy atom. The molecule has 0 bridgehead atoms. The maximum atomic E-state index is 13.9. The van der Waals surface area contributed by atoms with Crippen molar-refractivity contribution >= 4 is 22.7 Å². The van der Waals surface area contributed by atoms with Gasteiger partial charge in [0, 0.05) is 29.6 Å². The van der Waals surface area contributed by atoms with E-state index in [-0.39, 0.29) is 24.4 Å². The number of hydrogen-bond acceptors (Lipinski definition) is 2. The van der Waals surface area contributed by atoms with Gasteiger partial charge in [-0.3, -0.25) is 9.59 Å². The van der Waals surface area contributed by atoms with E-state index in [1.54, 1.807) is 4.90 Å². The molecule has 36 heavy (non-hydrogen) atoms. The van der Waals surface area contributed by atoms with Gasteiger partial charge in [0.15, 0.2) is 0 Å². The maximum Gasteiger partial charge on any atom is 0.246 e. The number of rotatable bonds is 4. The molecule has 6 rings (SSSR count). The number of nitrogens with zero attached hydrogens (tertiary/aromatic N) is 2. The predicted octanol–water partition coefficient (Wildman–Crippen LogP) is 5.48. The summed E-state index contributed by atoms with van der Waals surface area (Å²) in [6.07, 6.45) is 0.523. The second-order valence-corrected chi connectivity index (χ2v) is 10.5. The standard InChI is InChI=1S/C31H31N3O2/c1-19(2)22-12-14-23(15-13-22)30-29-25(24-6-4-5-7-26(24)32-29)16-27-31(36)33(18-28(35)34(27)30)17-21-10-8-20(3)9-11-21/h4-15,19,27,30,32H,16-18H2,1-3H3. The van der Waals surface area contributed by atoms with Gasteiger partial charge < -0.3 is 14.8 Å². The van der Waals surface area contributed by atoms with Crippen molar-refractivity contribution in [2.24, 2.45) is 0 Å². The van der Waals surface area contributed by atoms with Crippen LogP contribution in [0.5, 0.6) is 0 Å². The van der Waals surface area contributed by atoms with Crippen molar-refractivity contribution < 1.29 is 9.59 Å². The molecule has 4 aromatic rings. The van der Waals surface area contributed by atoms with E-state index in [1.807, 2.05) is 48.2 Å². The Morgan fingerprint density at radius 2 is 1.67 bits per heavy atom. The van der Waals surface area contributed by atoms with E-state index >= 15 is 0 Å². The lowest BCUT2D eigenvalue weighted by atomic mass is 9.85. The Balaban J connectivity index is 1.43. The molecule has 0 aliphatic carbocycles. The van der Waals surface area contributed by atoms with E-state index in [4.69, 9.17) is 0 Å². The van der Waals surface area contributed by atoms with Crippen molar-refractivity contribution in [3.05, 3.63) is 106 Å². The summed E-state index contributed by atoms with van der Waals surface area (Å²) < 4.78 is 0. The van der Waals surface area contributed by atoms with Crippen LogP contribution in [-0.4, -0.2) is 39.2 Å². The van der Waals surface area contributed by atoms with Gasteiger partial charge in [-0.2, -0.15) is 0 Å². The molecule has 5 heteroatoms. The monoisotopic (exact) mass is 477 g/mol. The number of piperazine rings is 1. The summed E-state index contributed by atoms with van der Waals surface area (Å²) in [5, 5.41) is 1.13. The van der Waals surface area contributed by atoms with Gasteiger partial charge in [-0.1, -0.05) is 86.1 Å². The Labute approximate surface area is 211 Å². The molecule has 3 aromatic carbocycles. The number of fused-ring (bicyclic) bond motifs is 4. The van der Waals surface area contributed by atoms with Crippen LogP contribution < -0.4 is 0 Å². The number of carbonyl (C=O) groups is 2. The van der Waals surface area contributed by atoms with Crippen molar-refractivity contribution in [1.82, 2.24) is 14.8 Å². The van der Waals surface area contributed by atoms with Crippen molar-refractivity contribution in [2.45, 2.75) is 51.7 Å². The predicted molar refractivity (Wildman–Crippen MR) is 142 cm³/mol. The topological polar surface area (TPSA) is 56.4 Å². The zero-order valence-electron chi connectivity index (χ0n) is 21.0. The van der Waals surface area contributed by atoms with Gasteiger partial charge in [-0.25, -0.2) is 0 Å².